The molecule has 6 aromatic rings. The first kappa shape index (κ1) is 45.2. The number of nitrogens with two attached hydrogens (primary N) is 10. The maximum atomic E-state index is 5.87. The summed E-state index contributed by atoms with van der Waals surface area (Å²) >= 11 is 0. The number of hydrogen-bond acceptors (Lipinski definition) is 29. The maximum absolute atomic E-state index is 5.87. The molecule has 2 fully saturated rings. The van der Waals surface area contributed by atoms with Crippen molar-refractivity contribution < 1.29 is 18.9 Å². The van der Waals surface area contributed by atoms with Gasteiger partial charge >= 0.3 is 0 Å². The van der Waals surface area contributed by atoms with Crippen molar-refractivity contribution in [1.82, 2.24) is 74.8 Å². The third-order valence-corrected chi connectivity index (χ3v) is 8.03. The van der Waals surface area contributed by atoms with Crippen LogP contribution in [0, 0.1) is 12.3 Å². The summed E-state index contributed by atoms with van der Waals surface area (Å²) in [4.78, 5) is 56.9. The van der Waals surface area contributed by atoms with Crippen molar-refractivity contribution >= 4 is 59.5 Å². The number of nitrogens with zero attached hydrogens (tertiary/aromatic N) is 15. The molecule has 0 saturated carbocycles. The second-order valence-electron chi connectivity index (χ2n) is 13.2. The molecule has 0 amide bonds. The molecular formula is C33H47N25O4. The Balaban J connectivity index is 0.000000190. The van der Waals surface area contributed by atoms with E-state index in [9.17, 15) is 0 Å². The first-order valence-corrected chi connectivity index (χ1v) is 18.4. The molecule has 0 unspecified atom stereocenters. The molecule has 0 atom stereocenters. The van der Waals surface area contributed by atoms with E-state index in [2.05, 4.69) is 74.8 Å². The van der Waals surface area contributed by atoms with E-state index in [0.29, 0.717) is 75.4 Å². The van der Waals surface area contributed by atoms with Crippen LogP contribution in [0.25, 0.3) is 11.4 Å². The summed E-state index contributed by atoms with van der Waals surface area (Å²) in [6, 6.07) is 9.47. The topological polar surface area (TPSA) is 490 Å². The molecule has 1 aromatic carbocycles. The van der Waals surface area contributed by atoms with Gasteiger partial charge in [0.1, 0.15) is 23.8 Å². The van der Waals surface area contributed by atoms with E-state index in [1.165, 1.54) is 6.33 Å². The molecule has 2 aliphatic rings. The van der Waals surface area contributed by atoms with E-state index in [4.69, 9.17) is 76.3 Å². The number of anilines is 10. The molecule has 62 heavy (non-hydrogen) atoms. The summed E-state index contributed by atoms with van der Waals surface area (Å²) in [7, 11) is 0. The Bertz CT molecular complexity index is 2140. The lowest BCUT2D eigenvalue weighted by Crippen LogP contribution is -2.52. The predicted molar refractivity (Wildman–Crippen MR) is 224 cm³/mol. The fourth-order valence-corrected chi connectivity index (χ4v) is 5.36. The van der Waals surface area contributed by atoms with Gasteiger partial charge in [-0.05, 0) is 6.92 Å². The van der Waals surface area contributed by atoms with Gasteiger partial charge in [-0.3, -0.25) is 0 Å². The lowest BCUT2D eigenvalue weighted by Gasteiger charge is -2.43. The van der Waals surface area contributed by atoms with Crippen LogP contribution in [0.1, 0.15) is 30.3 Å². The van der Waals surface area contributed by atoms with Crippen LogP contribution in [0.3, 0.4) is 0 Å². The first-order chi connectivity index (χ1) is 29.6. The Labute approximate surface area is 352 Å². The zero-order valence-electron chi connectivity index (χ0n) is 33.4. The summed E-state index contributed by atoms with van der Waals surface area (Å²) < 4.78 is 23.5. The van der Waals surface area contributed by atoms with Crippen LogP contribution in [0.4, 0.5) is 59.5 Å². The second-order valence-corrected chi connectivity index (χ2v) is 13.2. The third kappa shape index (κ3) is 14.7. The molecule has 2 aliphatic heterocycles. The largest absolute Gasteiger partial charge is 0.368 e. The van der Waals surface area contributed by atoms with E-state index < -0.39 is 0 Å². The normalized spacial score (nSPS) is 17.9. The lowest BCUT2D eigenvalue weighted by atomic mass is 9.90. The average molecular weight is 858 g/mol. The van der Waals surface area contributed by atoms with Gasteiger partial charge in [-0.15, -0.1) is 0 Å². The minimum Gasteiger partial charge on any atom is -0.368 e. The van der Waals surface area contributed by atoms with Gasteiger partial charge in [-0.25, -0.2) is 9.97 Å². The van der Waals surface area contributed by atoms with E-state index in [1.54, 1.807) is 6.92 Å². The van der Waals surface area contributed by atoms with Crippen LogP contribution in [-0.4, -0.2) is 114 Å². The molecule has 2 saturated heterocycles. The van der Waals surface area contributed by atoms with Gasteiger partial charge in [-0.1, -0.05) is 30.3 Å². The molecule has 0 aliphatic carbocycles. The van der Waals surface area contributed by atoms with Crippen LogP contribution in [0.5, 0.6) is 0 Å². The predicted octanol–water partition coefficient (Wildman–Crippen LogP) is -2.23. The molecule has 8 rings (SSSR count). The first-order valence-electron chi connectivity index (χ1n) is 18.4. The van der Waals surface area contributed by atoms with E-state index in [0.717, 1.165) is 5.56 Å². The zero-order valence-corrected chi connectivity index (χ0v) is 33.4. The highest BCUT2D eigenvalue weighted by Gasteiger charge is 2.42. The van der Waals surface area contributed by atoms with Gasteiger partial charge in [0.2, 0.25) is 59.5 Å². The van der Waals surface area contributed by atoms with Crippen molar-refractivity contribution in [2.45, 2.75) is 45.2 Å². The minimum absolute atomic E-state index is 0.0976. The summed E-state index contributed by atoms with van der Waals surface area (Å²) in [6.45, 7) is 3.56. The molecule has 0 radical (unpaired) electrons. The zero-order chi connectivity index (χ0) is 44.6. The van der Waals surface area contributed by atoms with Crippen molar-refractivity contribution in [2.75, 3.05) is 83.8 Å². The number of aryl methyl sites for hydroxylation is 3. The Kier molecular flexibility index (Phi) is 15.6. The molecule has 1 spiro atoms. The van der Waals surface area contributed by atoms with Gasteiger partial charge in [0.15, 0.2) is 18.4 Å². The van der Waals surface area contributed by atoms with Gasteiger partial charge < -0.3 is 76.3 Å². The molecular weight excluding hydrogens is 811 g/mol. The Morgan fingerprint density at radius 2 is 0.790 bits per heavy atom. The van der Waals surface area contributed by atoms with Crippen molar-refractivity contribution in [3.63, 3.8) is 0 Å². The third-order valence-electron chi connectivity index (χ3n) is 8.03. The minimum atomic E-state index is -0.373. The highest BCUT2D eigenvalue weighted by molar-refractivity contribution is 5.56. The number of hydrogen-bond donors (Lipinski definition) is 10. The Morgan fingerprint density at radius 1 is 0.452 bits per heavy atom. The highest BCUT2D eigenvalue weighted by Crippen LogP contribution is 2.32. The maximum Gasteiger partial charge on any atom is 0.225 e. The summed E-state index contributed by atoms with van der Waals surface area (Å²) in [5, 5.41) is 0. The van der Waals surface area contributed by atoms with Crippen LogP contribution in [0.2, 0.25) is 0 Å². The van der Waals surface area contributed by atoms with Crippen molar-refractivity contribution in [3.05, 3.63) is 54.1 Å². The van der Waals surface area contributed by atoms with Crippen molar-refractivity contribution in [2.24, 2.45) is 5.41 Å². The monoisotopic (exact) mass is 857 g/mol. The molecule has 7 heterocycles. The summed E-state index contributed by atoms with van der Waals surface area (Å²) in [6.07, 6.45) is 2.68. The number of nitrogen functional groups attached to an aromatic ring is 10. The SMILES string of the molecule is Cc1nc(N)nc(N)n1.Nc1nc(N)nc(-c2ccccc2)n1.Nc1nc(N)nc(CCC2OCC3(CO2)COC(CCc2nc(N)nc(N)n2)OC3)n1.Nc1ncnc(N)n1. The second kappa shape index (κ2) is 21.4. The lowest BCUT2D eigenvalue weighted by molar-refractivity contribution is -0.303. The number of ether oxygens (including phenoxy) is 4. The molecule has 0 bridgehead atoms. The van der Waals surface area contributed by atoms with Crippen LogP contribution < -0.4 is 57.3 Å². The van der Waals surface area contributed by atoms with Crippen LogP contribution >= 0.6 is 0 Å². The Hall–Kier alpha value is -7.89. The van der Waals surface area contributed by atoms with Crippen molar-refractivity contribution in [1.29, 1.82) is 0 Å². The molecule has 328 valence electrons. The average Bonchev–Trinajstić information content (AvgIpc) is 3.20. The van der Waals surface area contributed by atoms with Gasteiger partial charge in [0.05, 0.1) is 31.8 Å². The van der Waals surface area contributed by atoms with Gasteiger partial charge in [0, 0.05) is 31.2 Å². The highest BCUT2D eigenvalue weighted by atomic mass is 16.7. The molecule has 5 aromatic heterocycles. The van der Waals surface area contributed by atoms with Gasteiger partial charge in [0.25, 0.3) is 0 Å². The number of benzene rings is 1. The fourth-order valence-electron chi connectivity index (χ4n) is 5.36. The van der Waals surface area contributed by atoms with Gasteiger partial charge in [-0.2, -0.15) is 64.8 Å². The number of rotatable bonds is 7. The van der Waals surface area contributed by atoms with Crippen molar-refractivity contribution in [3.8, 4) is 11.4 Å². The van der Waals surface area contributed by atoms with E-state index >= 15 is 0 Å². The van der Waals surface area contributed by atoms with Crippen LogP contribution in [-0.2, 0) is 31.8 Å². The standard InChI is InChI=1S/C17H26N10O4.C9H9N5.C4H7N5.C3H5N5/c18-13-22-9(23-14(19)26-13)1-3-11-28-5-17(6-29-11)7-30-12(31-8-17)4-2-10-24-15(20)27-16(21)25-10;10-8-12-7(13-9(11)14-8)6-4-2-1-3-5-6;1-2-7-3(5)9-4(6)8-2;4-2-6-1-7-3(5)8-2/h11-12H,1-8H2,(H4,18,19,22,23,26)(H4,20,21,24,25,27);1-5H,(H4,10,11,12,13,14);1H3,(H4,5,6,7,8,9);1H,(H4,4,5,6,7,8). The smallest absolute Gasteiger partial charge is 0.225 e. The summed E-state index contributed by atoms with van der Waals surface area (Å²) in [5.41, 5.74) is 54.5. The molecule has 29 nitrogen and oxygen atoms in total. The number of aromatic nitrogens is 15. The van der Waals surface area contributed by atoms with Crippen LogP contribution in [0.15, 0.2) is 36.7 Å². The van der Waals surface area contributed by atoms with E-state index in [1.807, 2.05) is 30.3 Å². The fraction of sp³-hybridized carbons (Fsp3) is 0.364. The Morgan fingerprint density at radius 3 is 1.13 bits per heavy atom. The summed E-state index contributed by atoms with van der Waals surface area (Å²) in [5.74, 6) is 3.35. The molecule has 29 heteroatoms. The quantitative estimate of drug-likeness (QED) is 0.0811. The molecule has 20 N–H and O–H groups in total. The van der Waals surface area contributed by atoms with E-state index in [-0.39, 0.29) is 77.5 Å².